The Balaban J connectivity index is 1.75. The molecule has 2 aromatic rings. The highest BCUT2D eigenvalue weighted by molar-refractivity contribution is 6.32. The fourth-order valence-electron chi connectivity index (χ4n) is 2.36. The number of nitrogens with one attached hydrogen (secondary N) is 1. The van der Waals surface area contributed by atoms with Crippen LogP contribution < -0.4 is 14.8 Å². The molecule has 0 unspecified atom stereocenters. The molecule has 0 heterocycles. The van der Waals surface area contributed by atoms with Gasteiger partial charge in [0.25, 0.3) is 0 Å². The fourth-order valence-corrected chi connectivity index (χ4v) is 2.55. The van der Waals surface area contributed by atoms with Gasteiger partial charge in [-0.25, -0.2) is 0 Å². The molecular weight excluding hydrogens is 370 g/mol. The average Bonchev–Trinajstić information content (AvgIpc) is 2.66. The predicted octanol–water partition coefficient (Wildman–Crippen LogP) is 3.32. The summed E-state index contributed by atoms with van der Waals surface area (Å²) in [6, 6.07) is 14.8. The van der Waals surface area contributed by atoms with Gasteiger partial charge >= 0.3 is 5.97 Å². The molecule has 0 aliphatic heterocycles. The van der Waals surface area contributed by atoms with Crippen LogP contribution in [0.1, 0.15) is 18.4 Å². The van der Waals surface area contributed by atoms with E-state index in [1.165, 1.54) is 0 Å². The zero-order valence-electron chi connectivity index (χ0n) is 14.8. The van der Waals surface area contributed by atoms with Gasteiger partial charge in [0.15, 0.2) is 0 Å². The SMILES string of the molecule is O=C(O)CCC(=O)NCCc1ccccc1OCCOc1ccccc1Cl. The van der Waals surface area contributed by atoms with Crippen LogP contribution in [0.25, 0.3) is 0 Å². The van der Waals surface area contributed by atoms with E-state index >= 15 is 0 Å². The van der Waals surface area contributed by atoms with Crippen LogP contribution in [0.4, 0.5) is 0 Å². The molecule has 2 rings (SSSR count). The number of hydrogen-bond donors (Lipinski definition) is 2. The predicted molar refractivity (Wildman–Crippen MR) is 102 cm³/mol. The van der Waals surface area contributed by atoms with Crippen LogP contribution in [0.2, 0.25) is 5.02 Å². The first-order valence-corrected chi connectivity index (χ1v) is 9.00. The van der Waals surface area contributed by atoms with Crippen molar-refractivity contribution in [1.29, 1.82) is 0 Å². The second-order valence-electron chi connectivity index (χ2n) is 5.73. The monoisotopic (exact) mass is 391 g/mol. The summed E-state index contributed by atoms with van der Waals surface area (Å²) in [7, 11) is 0. The van der Waals surface area contributed by atoms with Gasteiger partial charge < -0.3 is 19.9 Å². The fraction of sp³-hybridized carbons (Fsp3) is 0.300. The second kappa shape index (κ2) is 11.1. The Labute approximate surface area is 163 Å². The van der Waals surface area contributed by atoms with E-state index in [1.807, 2.05) is 36.4 Å². The number of para-hydroxylation sites is 2. The van der Waals surface area contributed by atoms with Gasteiger partial charge in [-0.15, -0.1) is 0 Å². The smallest absolute Gasteiger partial charge is 0.303 e. The van der Waals surface area contributed by atoms with E-state index in [4.69, 9.17) is 26.2 Å². The van der Waals surface area contributed by atoms with Gasteiger partial charge in [0, 0.05) is 13.0 Å². The van der Waals surface area contributed by atoms with Crippen molar-refractivity contribution in [3.63, 3.8) is 0 Å². The summed E-state index contributed by atoms with van der Waals surface area (Å²) in [6.45, 7) is 1.12. The number of hydrogen-bond acceptors (Lipinski definition) is 4. The largest absolute Gasteiger partial charge is 0.490 e. The van der Waals surface area contributed by atoms with E-state index in [9.17, 15) is 9.59 Å². The lowest BCUT2D eigenvalue weighted by Gasteiger charge is -2.13. The lowest BCUT2D eigenvalue weighted by molar-refractivity contribution is -0.138. The normalized spacial score (nSPS) is 10.3. The molecular formula is C20H22ClNO5. The summed E-state index contributed by atoms with van der Waals surface area (Å²) >= 11 is 6.04. The van der Waals surface area contributed by atoms with E-state index in [0.717, 1.165) is 11.3 Å². The maximum Gasteiger partial charge on any atom is 0.303 e. The highest BCUT2D eigenvalue weighted by Gasteiger charge is 2.07. The van der Waals surface area contributed by atoms with Crippen LogP contribution in [0.5, 0.6) is 11.5 Å². The van der Waals surface area contributed by atoms with Gasteiger partial charge in [0.05, 0.1) is 11.4 Å². The molecule has 0 aliphatic carbocycles. The number of carbonyl (C=O) groups excluding carboxylic acids is 1. The number of aliphatic carboxylic acids is 1. The number of ether oxygens (including phenoxy) is 2. The molecule has 27 heavy (non-hydrogen) atoms. The molecule has 0 atom stereocenters. The number of halogens is 1. The van der Waals surface area contributed by atoms with Crippen molar-refractivity contribution in [2.75, 3.05) is 19.8 Å². The van der Waals surface area contributed by atoms with Crippen molar-refractivity contribution < 1.29 is 24.2 Å². The Hall–Kier alpha value is -2.73. The molecule has 0 bridgehead atoms. The molecule has 0 spiro atoms. The van der Waals surface area contributed by atoms with Crippen molar-refractivity contribution in [1.82, 2.24) is 5.32 Å². The molecule has 0 aromatic heterocycles. The number of rotatable bonds is 11. The van der Waals surface area contributed by atoms with Gasteiger partial charge in [0.1, 0.15) is 24.7 Å². The first kappa shape index (κ1) is 20.6. The van der Waals surface area contributed by atoms with E-state index in [1.54, 1.807) is 12.1 Å². The highest BCUT2D eigenvalue weighted by Crippen LogP contribution is 2.23. The molecule has 1 amide bonds. The molecule has 0 aliphatic rings. The third-order valence-electron chi connectivity index (χ3n) is 3.69. The Morgan fingerprint density at radius 1 is 0.926 bits per heavy atom. The molecule has 0 radical (unpaired) electrons. The van der Waals surface area contributed by atoms with Crippen LogP contribution in [-0.4, -0.2) is 36.7 Å². The van der Waals surface area contributed by atoms with E-state index < -0.39 is 5.97 Å². The number of benzene rings is 2. The van der Waals surface area contributed by atoms with Crippen molar-refractivity contribution in [2.45, 2.75) is 19.3 Å². The number of amides is 1. The lowest BCUT2D eigenvalue weighted by Crippen LogP contribution is -2.26. The minimum Gasteiger partial charge on any atom is -0.490 e. The summed E-state index contributed by atoms with van der Waals surface area (Å²) < 4.78 is 11.4. The zero-order chi connectivity index (χ0) is 19.5. The molecule has 7 heteroatoms. The Bertz CT molecular complexity index is 766. The third kappa shape index (κ3) is 7.58. The van der Waals surface area contributed by atoms with Crippen molar-refractivity contribution >= 4 is 23.5 Å². The van der Waals surface area contributed by atoms with Crippen molar-refractivity contribution in [2.24, 2.45) is 0 Å². The summed E-state index contributed by atoms with van der Waals surface area (Å²) in [6.07, 6.45) is 0.393. The lowest BCUT2D eigenvalue weighted by atomic mass is 10.1. The topological polar surface area (TPSA) is 84.9 Å². The van der Waals surface area contributed by atoms with Crippen LogP contribution in [-0.2, 0) is 16.0 Å². The number of carboxylic acid groups (broad SMARTS) is 1. The molecule has 0 fully saturated rings. The first-order chi connectivity index (χ1) is 13.1. The van der Waals surface area contributed by atoms with E-state index in [-0.39, 0.29) is 18.7 Å². The van der Waals surface area contributed by atoms with Gasteiger partial charge in [0.2, 0.25) is 5.91 Å². The number of carbonyl (C=O) groups is 2. The Kier molecular flexibility index (Phi) is 8.45. The molecule has 0 saturated carbocycles. The van der Waals surface area contributed by atoms with Crippen molar-refractivity contribution in [3.8, 4) is 11.5 Å². The molecule has 0 saturated heterocycles. The minimum absolute atomic E-state index is 0.0210. The summed E-state index contributed by atoms with van der Waals surface area (Å²) in [4.78, 5) is 22.0. The quantitative estimate of drug-likeness (QED) is 0.574. The Morgan fingerprint density at radius 2 is 1.56 bits per heavy atom. The molecule has 6 nitrogen and oxygen atoms in total. The zero-order valence-corrected chi connectivity index (χ0v) is 15.6. The molecule has 2 N–H and O–H groups in total. The average molecular weight is 392 g/mol. The third-order valence-corrected chi connectivity index (χ3v) is 4.00. The van der Waals surface area contributed by atoms with Gasteiger partial charge in [-0.05, 0) is 30.2 Å². The molecule has 144 valence electrons. The van der Waals surface area contributed by atoms with Gasteiger partial charge in [-0.3, -0.25) is 9.59 Å². The summed E-state index contributed by atoms with van der Waals surface area (Å²) in [5.41, 5.74) is 0.953. The van der Waals surface area contributed by atoms with E-state index in [0.29, 0.717) is 37.0 Å². The van der Waals surface area contributed by atoms with Gasteiger partial charge in [-0.2, -0.15) is 0 Å². The van der Waals surface area contributed by atoms with Gasteiger partial charge in [-0.1, -0.05) is 41.9 Å². The minimum atomic E-state index is -0.983. The molecule has 2 aromatic carbocycles. The maximum absolute atomic E-state index is 11.6. The maximum atomic E-state index is 11.6. The standard InChI is InChI=1S/C20H22ClNO5/c21-16-6-2-4-8-18(16)27-14-13-26-17-7-3-1-5-15(17)11-12-22-19(23)9-10-20(24)25/h1-8H,9-14H2,(H,22,23)(H,24,25). The van der Waals surface area contributed by atoms with Crippen LogP contribution in [0, 0.1) is 0 Å². The van der Waals surface area contributed by atoms with Crippen LogP contribution >= 0.6 is 11.6 Å². The summed E-state index contributed by atoms with van der Waals surface area (Å²) in [5, 5.41) is 11.8. The van der Waals surface area contributed by atoms with Crippen LogP contribution in [0.15, 0.2) is 48.5 Å². The Morgan fingerprint density at radius 3 is 2.26 bits per heavy atom. The van der Waals surface area contributed by atoms with Crippen molar-refractivity contribution in [3.05, 3.63) is 59.1 Å². The number of carboxylic acids is 1. The first-order valence-electron chi connectivity index (χ1n) is 8.63. The summed E-state index contributed by atoms with van der Waals surface area (Å²) in [5.74, 6) is 0.0759. The highest BCUT2D eigenvalue weighted by atomic mass is 35.5. The van der Waals surface area contributed by atoms with E-state index in [2.05, 4.69) is 5.32 Å². The second-order valence-corrected chi connectivity index (χ2v) is 6.14. The van der Waals surface area contributed by atoms with Crippen LogP contribution in [0.3, 0.4) is 0 Å².